The number of hydrogen-bond acceptors (Lipinski definition) is 4. The van der Waals surface area contributed by atoms with Gasteiger partial charge in [-0.15, -0.1) is 0 Å². The Morgan fingerprint density at radius 3 is 2.55 bits per heavy atom. The van der Waals surface area contributed by atoms with Gasteiger partial charge in [-0.25, -0.2) is 0 Å². The predicted octanol–water partition coefficient (Wildman–Crippen LogP) is 0.713. The number of esters is 1. The van der Waals surface area contributed by atoms with Gasteiger partial charge < -0.3 is 14.0 Å². The van der Waals surface area contributed by atoms with Crippen LogP contribution in [0.3, 0.4) is 0 Å². The molecule has 0 saturated carbocycles. The maximum Gasteiger partial charge on any atom is 0.305 e. The zero-order chi connectivity index (χ0) is 8.69. The number of methoxy groups -OCH3 is 2. The van der Waals surface area contributed by atoms with E-state index in [1.807, 2.05) is 0 Å². The first kappa shape index (κ1) is 10.7. The van der Waals surface area contributed by atoms with Crippen molar-refractivity contribution in [2.45, 2.75) is 6.42 Å². The minimum Gasteiger partial charge on any atom is -0.469 e. The van der Waals surface area contributed by atoms with Crippen molar-refractivity contribution in [2.75, 3.05) is 26.7 Å². The van der Waals surface area contributed by atoms with Gasteiger partial charge in [0.2, 0.25) is 0 Å². The number of carbonyl (C=O) groups excluding carboxylic acids is 1. The molecule has 0 saturated heterocycles. The SMILES string of the molecule is COC[PH](=O)CCC(=O)OC. The second-order valence-corrected chi connectivity index (χ2v) is 3.91. The number of carbonyl (C=O) groups is 1. The molecule has 0 N–H and O–H groups in total. The maximum absolute atomic E-state index is 10.9. The highest BCUT2D eigenvalue weighted by Gasteiger charge is 2.03. The lowest BCUT2D eigenvalue weighted by molar-refractivity contribution is -0.140. The van der Waals surface area contributed by atoms with E-state index in [-0.39, 0.29) is 18.7 Å². The van der Waals surface area contributed by atoms with Gasteiger partial charge in [0.15, 0.2) is 0 Å². The fraction of sp³-hybridized carbons (Fsp3) is 0.833. The van der Waals surface area contributed by atoms with Crippen LogP contribution in [0, 0.1) is 0 Å². The highest BCUT2D eigenvalue weighted by atomic mass is 31.1. The van der Waals surface area contributed by atoms with Gasteiger partial charge in [-0.1, -0.05) is 0 Å². The van der Waals surface area contributed by atoms with E-state index >= 15 is 0 Å². The van der Waals surface area contributed by atoms with E-state index in [1.165, 1.54) is 14.2 Å². The fourth-order valence-corrected chi connectivity index (χ4v) is 1.53. The molecule has 11 heavy (non-hydrogen) atoms. The van der Waals surface area contributed by atoms with Gasteiger partial charge in [-0.2, -0.15) is 0 Å². The molecule has 4 nitrogen and oxygen atoms in total. The maximum atomic E-state index is 10.9. The van der Waals surface area contributed by atoms with Crippen LogP contribution in [0.5, 0.6) is 0 Å². The number of rotatable bonds is 5. The summed E-state index contributed by atoms with van der Waals surface area (Å²) in [6.07, 6.45) is 0.852. The van der Waals surface area contributed by atoms with E-state index in [0.717, 1.165) is 0 Å². The van der Waals surface area contributed by atoms with Crippen LogP contribution < -0.4 is 0 Å². The first-order valence-corrected chi connectivity index (χ1v) is 5.10. The van der Waals surface area contributed by atoms with Crippen molar-refractivity contribution in [1.82, 2.24) is 0 Å². The van der Waals surface area contributed by atoms with Crippen LogP contribution >= 0.6 is 7.80 Å². The fourth-order valence-electron chi connectivity index (χ4n) is 0.577. The number of hydrogen-bond donors (Lipinski definition) is 0. The molecule has 0 aromatic carbocycles. The van der Waals surface area contributed by atoms with Crippen molar-refractivity contribution in [1.29, 1.82) is 0 Å². The summed E-state index contributed by atoms with van der Waals surface area (Å²) < 4.78 is 19.9. The molecule has 1 unspecified atom stereocenters. The van der Waals surface area contributed by atoms with E-state index < -0.39 is 7.80 Å². The van der Waals surface area contributed by atoms with Crippen LogP contribution in [0.25, 0.3) is 0 Å². The van der Waals surface area contributed by atoms with Gasteiger partial charge in [-0.3, -0.25) is 4.79 Å². The molecule has 0 heterocycles. The molecule has 1 atom stereocenters. The van der Waals surface area contributed by atoms with Crippen molar-refractivity contribution in [3.05, 3.63) is 0 Å². The zero-order valence-corrected chi connectivity index (χ0v) is 7.75. The van der Waals surface area contributed by atoms with Gasteiger partial charge in [0, 0.05) is 13.3 Å². The molecule has 66 valence electrons. The molecule has 0 aliphatic rings. The summed E-state index contributed by atoms with van der Waals surface area (Å²) in [5.74, 6) is -0.320. The molecule has 0 aliphatic heterocycles. The van der Waals surface area contributed by atoms with Crippen LogP contribution in [0.15, 0.2) is 0 Å². The highest BCUT2D eigenvalue weighted by molar-refractivity contribution is 7.44. The Morgan fingerprint density at radius 2 is 2.09 bits per heavy atom. The molecule has 0 bridgehead atoms. The molecule has 0 fully saturated rings. The quantitative estimate of drug-likeness (QED) is 0.462. The predicted molar refractivity (Wildman–Crippen MR) is 42.4 cm³/mol. The smallest absolute Gasteiger partial charge is 0.305 e. The van der Waals surface area contributed by atoms with E-state index in [9.17, 15) is 9.36 Å². The standard InChI is InChI=1S/C6H13O4P/c1-9-5-11(8)4-3-6(7)10-2/h11H,3-5H2,1-2H3. The minimum atomic E-state index is -1.72. The average molecular weight is 180 g/mol. The van der Waals surface area contributed by atoms with Crippen LogP contribution in [0.2, 0.25) is 0 Å². The van der Waals surface area contributed by atoms with Crippen molar-refractivity contribution in [3.8, 4) is 0 Å². The molecular weight excluding hydrogens is 167 g/mol. The first-order chi connectivity index (χ1) is 5.20. The molecule has 0 radical (unpaired) electrons. The van der Waals surface area contributed by atoms with Crippen LogP contribution in [0.1, 0.15) is 6.42 Å². The topological polar surface area (TPSA) is 52.6 Å². The second-order valence-electron chi connectivity index (χ2n) is 2.05. The van der Waals surface area contributed by atoms with Crippen LogP contribution in [-0.4, -0.2) is 32.7 Å². The molecule has 0 amide bonds. The first-order valence-electron chi connectivity index (χ1n) is 3.28. The lowest BCUT2D eigenvalue weighted by Crippen LogP contribution is -2.01. The Labute approximate surface area is 66.7 Å². The van der Waals surface area contributed by atoms with Crippen molar-refractivity contribution >= 4 is 13.8 Å². The summed E-state index contributed by atoms with van der Waals surface area (Å²) in [4.78, 5) is 10.5. The second kappa shape index (κ2) is 6.38. The summed E-state index contributed by atoms with van der Waals surface area (Å²) in [6.45, 7) is 0. The molecule has 0 aliphatic carbocycles. The average Bonchev–Trinajstić information content (AvgIpc) is 2.01. The van der Waals surface area contributed by atoms with E-state index in [2.05, 4.69) is 9.47 Å². The van der Waals surface area contributed by atoms with E-state index in [4.69, 9.17) is 0 Å². The minimum absolute atomic E-state index is 0.220. The lowest BCUT2D eigenvalue weighted by Gasteiger charge is -1.98. The Hall–Kier alpha value is -0.340. The third-order valence-corrected chi connectivity index (χ3v) is 2.56. The highest BCUT2D eigenvalue weighted by Crippen LogP contribution is 2.20. The van der Waals surface area contributed by atoms with E-state index in [1.54, 1.807) is 0 Å². The van der Waals surface area contributed by atoms with Crippen LogP contribution in [-0.2, 0) is 18.8 Å². The Kier molecular flexibility index (Phi) is 6.18. The molecule has 0 aromatic rings. The summed E-state index contributed by atoms with van der Waals surface area (Å²) in [5.41, 5.74) is 0. The monoisotopic (exact) mass is 180 g/mol. The Bertz CT molecular complexity index is 146. The Balaban J connectivity index is 3.38. The summed E-state index contributed by atoms with van der Waals surface area (Å²) in [6, 6.07) is 0. The van der Waals surface area contributed by atoms with Gasteiger partial charge in [0.05, 0.1) is 19.9 Å². The van der Waals surface area contributed by atoms with Gasteiger partial charge in [-0.05, 0) is 0 Å². The molecule has 0 spiro atoms. The summed E-state index contributed by atoms with van der Waals surface area (Å²) in [7, 11) is 1.08. The van der Waals surface area contributed by atoms with Crippen molar-refractivity contribution < 1.29 is 18.8 Å². The van der Waals surface area contributed by atoms with Gasteiger partial charge in [0.1, 0.15) is 7.80 Å². The van der Waals surface area contributed by atoms with Crippen LogP contribution in [0.4, 0.5) is 0 Å². The largest absolute Gasteiger partial charge is 0.469 e. The molecule has 0 rings (SSSR count). The summed E-state index contributed by atoms with van der Waals surface area (Å²) in [5, 5.41) is 0. The zero-order valence-electron chi connectivity index (χ0n) is 6.75. The van der Waals surface area contributed by atoms with Gasteiger partial charge >= 0.3 is 5.97 Å². The lowest BCUT2D eigenvalue weighted by atomic mass is 10.5. The van der Waals surface area contributed by atoms with Crippen molar-refractivity contribution in [2.24, 2.45) is 0 Å². The third kappa shape index (κ3) is 6.07. The van der Waals surface area contributed by atoms with Crippen molar-refractivity contribution in [3.63, 3.8) is 0 Å². The Morgan fingerprint density at radius 1 is 1.45 bits per heavy atom. The normalized spacial score (nSPS) is 12.5. The van der Waals surface area contributed by atoms with E-state index in [0.29, 0.717) is 6.16 Å². The molecule has 0 aromatic heterocycles. The third-order valence-electron chi connectivity index (χ3n) is 1.14. The molecule has 5 heteroatoms. The number of ether oxygens (including phenoxy) is 2. The molecular formula is C6H13O4P. The summed E-state index contributed by atoms with van der Waals surface area (Å²) >= 11 is 0. The van der Waals surface area contributed by atoms with Gasteiger partial charge in [0.25, 0.3) is 0 Å².